The van der Waals surface area contributed by atoms with Crippen molar-refractivity contribution in [1.82, 2.24) is 0 Å². The van der Waals surface area contributed by atoms with Crippen LogP contribution in [-0.2, 0) is 65.4 Å². The minimum absolute atomic E-state index is 0.107. The molecule has 17 nitrogen and oxygen atoms in total. The van der Waals surface area contributed by atoms with Crippen LogP contribution < -0.4 is 0 Å². The summed E-state index contributed by atoms with van der Waals surface area (Å²) in [4.78, 5) is 73.1. The van der Waals surface area contributed by atoms with Gasteiger partial charge in [0.25, 0.3) is 0 Å². The lowest BCUT2D eigenvalue weighted by Crippen LogP contribution is -2.30. The van der Waals surface area contributed by atoms with E-state index in [-0.39, 0.29) is 25.7 Å². The first-order chi connectivity index (χ1) is 49.8. The number of ether oxygens (including phenoxy) is 4. The SMILES string of the molecule is CCCCCCCCCCCC(=O)OC[C@H](COP(=O)(O)OC[C@H](O)COP(=O)(O)OC[C@@H](COC(=O)CCCCCCCCCCCCCCCCC(C)C)OC(=O)CCCCCCCCCCCCCCCCCCCCC(C)CC)OC(=O)CCCCCCCCCCCCCCC(C)C. The maximum absolute atomic E-state index is 13.1. The summed E-state index contributed by atoms with van der Waals surface area (Å²) in [5.74, 6) is 0.339. The Balaban J connectivity index is 5.21. The molecule has 0 spiro atoms. The molecule has 0 bridgehead atoms. The van der Waals surface area contributed by atoms with Crippen LogP contribution >= 0.6 is 15.6 Å². The van der Waals surface area contributed by atoms with Crippen molar-refractivity contribution in [2.45, 2.75) is 458 Å². The Morgan fingerprint density at radius 3 is 0.738 bits per heavy atom. The molecule has 0 saturated heterocycles. The second-order valence-electron chi connectivity index (χ2n) is 31.4. The quantitative estimate of drug-likeness (QED) is 0.0222. The summed E-state index contributed by atoms with van der Waals surface area (Å²) in [6.45, 7) is 12.0. The van der Waals surface area contributed by atoms with Gasteiger partial charge in [-0.3, -0.25) is 37.3 Å². The van der Waals surface area contributed by atoms with Crippen molar-refractivity contribution in [1.29, 1.82) is 0 Å². The van der Waals surface area contributed by atoms with Crippen LogP contribution in [0.1, 0.15) is 440 Å². The highest BCUT2D eigenvalue weighted by Crippen LogP contribution is 2.45. The molecule has 0 aliphatic heterocycles. The van der Waals surface area contributed by atoms with Gasteiger partial charge in [-0.1, -0.05) is 389 Å². The molecule has 3 unspecified atom stereocenters. The van der Waals surface area contributed by atoms with E-state index < -0.39 is 97.5 Å². The first kappa shape index (κ1) is 101. The Morgan fingerprint density at radius 2 is 0.495 bits per heavy atom. The van der Waals surface area contributed by atoms with Crippen LogP contribution in [0.4, 0.5) is 0 Å². The highest BCUT2D eigenvalue weighted by molar-refractivity contribution is 7.47. The first-order valence-corrected chi connectivity index (χ1v) is 46.4. The number of aliphatic hydroxyl groups is 1. The molecule has 0 heterocycles. The van der Waals surface area contributed by atoms with Crippen molar-refractivity contribution in [3.63, 3.8) is 0 Å². The average Bonchev–Trinajstić information content (AvgIpc) is 0.909. The molecule has 0 rings (SSSR count). The predicted octanol–water partition coefficient (Wildman–Crippen LogP) is 25.3. The minimum atomic E-state index is -4.96. The molecule has 0 saturated carbocycles. The minimum Gasteiger partial charge on any atom is -0.462 e. The number of phosphoric ester groups is 2. The van der Waals surface area contributed by atoms with Crippen molar-refractivity contribution >= 4 is 39.5 Å². The van der Waals surface area contributed by atoms with Crippen molar-refractivity contribution in [2.24, 2.45) is 17.8 Å². The van der Waals surface area contributed by atoms with Crippen LogP contribution in [0.5, 0.6) is 0 Å². The van der Waals surface area contributed by atoms with E-state index in [1.54, 1.807) is 0 Å². The van der Waals surface area contributed by atoms with E-state index in [9.17, 15) is 43.2 Å². The van der Waals surface area contributed by atoms with E-state index in [0.717, 1.165) is 108 Å². The Bertz CT molecular complexity index is 1990. The van der Waals surface area contributed by atoms with Gasteiger partial charge in [0.05, 0.1) is 26.4 Å². The topological polar surface area (TPSA) is 237 Å². The van der Waals surface area contributed by atoms with Crippen LogP contribution in [0.15, 0.2) is 0 Å². The molecule has 0 radical (unpaired) electrons. The first-order valence-electron chi connectivity index (χ1n) is 43.4. The fraction of sp³-hybridized carbons (Fsp3) is 0.952. The molecule has 103 heavy (non-hydrogen) atoms. The number of rotatable bonds is 82. The van der Waals surface area contributed by atoms with E-state index >= 15 is 0 Å². The summed E-state index contributed by atoms with van der Waals surface area (Å²) in [7, 11) is -9.92. The monoisotopic (exact) mass is 1510 g/mol. The number of hydrogen-bond acceptors (Lipinski definition) is 15. The average molecular weight is 1510 g/mol. The van der Waals surface area contributed by atoms with Gasteiger partial charge in [-0.15, -0.1) is 0 Å². The lowest BCUT2D eigenvalue weighted by molar-refractivity contribution is -0.161. The van der Waals surface area contributed by atoms with Crippen molar-refractivity contribution in [3.8, 4) is 0 Å². The number of phosphoric acid groups is 2. The van der Waals surface area contributed by atoms with E-state index in [1.165, 1.54) is 250 Å². The zero-order chi connectivity index (χ0) is 75.8. The standard InChI is InChI=1S/C84H164O17P2/c1-8-10-11-12-13-34-44-51-58-65-81(86)94-71-79(100-84(89)68-61-54-47-40-33-27-26-29-36-42-49-56-63-76(5)6)73-98-102(90,91)96-69-78(85)70-97-103(92,93)99-74-80(72-95-82(87)66-59-52-45-38-31-24-21-20-22-28-35-41-48-55-62-75(3)4)101-83(88)67-60-53-46-39-32-25-19-17-15-14-16-18-23-30-37-43-50-57-64-77(7)9-2/h75-80,85H,8-74H2,1-7H3,(H,90,91)(H,92,93)/t77?,78-,79+,80+/m0/s1. The maximum atomic E-state index is 13.1. The lowest BCUT2D eigenvalue weighted by atomic mass is 9.99. The fourth-order valence-corrected chi connectivity index (χ4v) is 14.6. The third kappa shape index (κ3) is 76.6. The zero-order valence-electron chi connectivity index (χ0n) is 67.8. The van der Waals surface area contributed by atoms with Crippen LogP contribution in [0, 0.1) is 17.8 Å². The summed E-state index contributed by atoms with van der Waals surface area (Å²) >= 11 is 0. The van der Waals surface area contributed by atoms with Gasteiger partial charge in [0.2, 0.25) is 0 Å². The molecular weight excluding hydrogens is 1340 g/mol. The molecule has 0 aromatic heterocycles. The van der Waals surface area contributed by atoms with Gasteiger partial charge < -0.3 is 33.8 Å². The van der Waals surface area contributed by atoms with Gasteiger partial charge in [-0.2, -0.15) is 0 Å². The zero-order valence-corrected chi connectivity index (χ0v) is 69.6. The Labute approximate surface area is 632 Å². The highest BCUT2D eigenvalue weighted by atomic mass is 31.2. The molecule has 0 fully saturated rings. The molecule has 0 aliphatic carbocycles. The van der Waals surface area contributed by atoms with E-state index in [1.807, 2.05) is 0 Å². The third-order valence-electron chi connectivity index (χ3n) is 20.0. The summed E-state index contributed by atoms with van der Waals surface area (Å²) in [5, 5.41) is 10.7. The summed E-state index contributed by atoms with van der Waals surface area (Å²) < 4.78 is 68.8. The molecule has 0 amide bonds. The van der Waals surface area contributed by atoms with Crippen molar-refractivity contribution < 1.29 is 80.2 Å². The number of hydrogen-bond donors (Lipinski definition) is 3. The Morgan fingerprint density at radius 1 is 0.282 bits per heavy atom. The van der Waals surface area contributed by atoms with Crippen LogP contribution in [0.25, 0.3) is 0 Å². The molecule has 19 heteroatoms. The third-order valence-corrected chi connectivity index (χ3v) is 21.9. The smallest absolute Gasteiger partial charge is 0.462 e. The van der Waals surface area contributed by atoms with Crippen LogP contribution in [0.3, 0.4) is 0 Å². The lowest BCUT2D eigenvalue weighted by Gasteiger charge is -2.21. The molecular formula is C84H164O17P2. The molecule has 6 atom stereocenters. The molecule has 0 aromatic carbocycles. The van der Waals surface area contributed by atoms with E-state index in [2.05, 4.69) is 48.5 Å². The fourth-order valence-electron chi connectivity index (χ4n) is 13.0. The largest absolute Gasteiger partial charge is 0.472 e. The number of aliphatic hydroxyl groups excluding tert-OH is 1. The predicted molar refractivity (Wildman–Crippen MR) is 423 cm³/mol. The van der Waals surface area contributed by atoms with E-state index in [0.29, 0.717) is 25.7 Å². The highest BCUT2D eigenvalue weighted by Gasteiger charge is 2.30. The Kier molecular flexibility index (Phi) is 72.8. The molecule has 3 N–H and O–H groups in total. The van der Waals surface area contributed by atoms with Crippen LogP contribution in [-0.4, -0.2) is 96.7 Å². The van der Waals surface area contributed by atoms with Gasteiger partial charge in [0.15, 0.2) is 12.2 Å². The van der Waals surface area contributed by atoms with Crippen LogP contribution in [0.2, 0.25) is 0 Å². The number of carbonyl (C=O) groups excluding carboxylic acids is 4. The Hall–Kier alpha value is -1.94. The van der Waals surface area contributed by atoms with Crippen molar-refractivity contribution in [2.75, 3.05) is 39.6 Å². The summed E-state index contributed by atoms with van der Waals surface area (Å²) in [5.41, 5.74) is 0. The molecule has 612 valence electrons. The molecule has 0 aliphatic rings. The van der Waals surface area contributed by atoms with Gasteiger partial charge in [-0.05, 0) is 43.4 Å². The van der Waals surface area contributed by atoms with Gasteiger partial charge >= 0.3 is 39.5 Å². The van der Waals surface area contributed by atoms with Gasteiger partial charge in [0.1, 0.15) is 19.3 Å². The van der Waals surface area contributed by atoms with E-state index in [4.69, 9.17) is 37.0 Å². The number of unbranched alkanes of at least 4 members (excludes halogenated alkanes) is 49. The van der Waals surface area contributed by atoms with Crippen molar-refractivity contribution in [3.05, 3.63) is 0 Å². The van der Waals surface area contributed by atoms with Gasteiger partial charge in [-0.25, -0.2) is 9.13 Å². The summed E-state index contributed by atoms with van der Waals surface area (Å²) in [6, 6.07) is 0. The normalized spacial score (nSPS) is 14.2. The molecule has 0 aromatic rings. The van der Waals surface area contributed by atoms with Gasteiger partial charge in [0, 0.05) is 25.7 Å². The summed E-state index contributed by atoms with van der Waals surface area (Å²) in [6.07, 6.45) is 63.8. The number of carbonyl (C=O) groups is 4. The maximum Gasteiger partial charge on any atom is 0.472 e. The number of esters is 4. The second kappa shape index (κ2) is 74.2. The second-order valence-corrected chi connectivity index (χ2v) is 34.3.